The molecule has 6 heteroatoms. The van der Waals surface area contributed by atoms with Gasteiger partial charge in [0.15, 0.2) is 0 Å². The van der Waals surface area contributed by atoms with Gasteiger partial charge in [-0.05, 0) is 18.9 Å². The number of carbonyl (C=O) groups is 2. The molecule has 0 aliphatic rings. The number of nitrogens with zero attached hydrogens (tertiary/aromatic N) is 1. The summed E-state index contributed by atoms with van der Waals surface area (Å²) in [6, 6.07) is 2.93. The van der Waals surface area contributed by atoms with Crippen molar-refractivity contribution in [3.05, 3.63) is 34.2 Å². The highest BCUT2D eigenvalue weighted by Crippen LogP contribution is 2.05. The van der Waals surface area contributed by atoms with E-state index in [-0.39, 0.29) is 17.9 Å². The van der Waals surface area contributed by atoms with E-state index in [1.165, 1.54) is 10.6 Å². The molecule has 21 heavy (non-hydrogen) atoms. The number of aromatic nitrogens is 1. The van der Waals surface area contributed by atoms with Crippen LogP contribution in [0.1, 0.15) is 48.9 Å². The number of carbonyl (C=O) groups excluding carboxylic acids is 1. The Labute approximate surface area is 123 Å². The van der Waals surface area contributed by atoms with Gasteiger partial charge in [0, 0.05) is 37.8 Å². The SMILES string of the molecule is Cn1ccc(C(=O)NCCCCCCCC(=O)O)cc1=O. The van der Waals surface area contributed by atoms with Crippen LogP contribution in [0, 0.1) is 0 Å². The van der Waals surface area contributed by atoms with Crippen molar-refractivity contribution in [2.75, 3.05) is 6.54 Å². The fourth-order valence-corrected chi connectivity index (χ4v) is 1.93. The van der Waals surface area contributed by atoms with Crippen LogP contribution < -0.4 is 10.9 Å². The summed E-state index contributed by atoms with van der Waals surface area (Å²) in [4.78, 5) is 33.5. The molecule has 0 aromatic carbocycles. The maximum atomic E-state index is 11.8. The number of unbranched alkanes of at least 4 members (excludes halogenated alkanes) is 4. The highest BCUT2D eigenvalue weighted by molar-refractivity contribution is 5.93. The predicted molar refractivity (Wildman–Crippen MR) is 79.4 cm³/mol. The van der Waals surface area contributed by atoms with Gasteiger partial charge in [0.25, 0.3) is 11.5 Å². The largest absolute Gasteiger partial charge is 0.481 e. The molecule has 0 aliphatic carbocycles. The zero-order chi connectivity index (χ0) is 15.7. The molecule has 0 saturated heterocycles. The molecule has 2 N–H and O–H groups in total. The maximum absolute atomic E-state index is 11.8. The predicted octanol–water partition coefficient (Wildman–Crippen LogP) is 1.54. The molecular weight excluding hydrogens is 272 g/mol. The first-order chi connectivity index (χ1) is 10.0. The Balaban J connectivity index is 2.15. The molecule has 1 aromatic heterocycles. The van der Waals surface area contributed by atoms with Gasteiger partial charge in [-0.3, -0.25) is 14.4 Å². The van der Waals surface area contributed by atoms with Crippen LogP contribution in [0.15, 0.2) is 23.1 Å². The van der Waals surface area contributed by atoms with Crippen molar-refractivity contribution >= 4 is 11.9 Å². The Bertz CT molecular complexity index is 537. The summed E-state index contributed by atoms with van der Waals surface area (Å²) in [6.07, 6.45) is 6.17. The first-order valence-electron chi connectivity index (χ1n) is 7.17. The van der Waals surface area contributed by atoms with Crippen LogP contribution in [0.5, 0.6) is 0 Å². The average molecular weight is 294 g/mol. The molecule has 1 heterocycles. The second-order valence-electron chi connectivity index (χ2n) is 5.03. The second-order valence-corrected chi connectivity index (χ2v) is 5.03. The number of hydrogen-bond acceptors (Lipinski definition) is 3. The monoisotopic (exact) mass is 294 g/mol. The van der Waals surface area contributed by atoms with Crippen molar-refractivity contribution in [1.82, 2.24) is 9.88 Å². The first kappa shape index (κ1) is 16.9. The number of carboxylic acid groups (broad SMARTS) is 1. The van der Waals surface area contributed by atoms with Gasteiger partial charge in [-0.2, -0.15) is 0 Å². The van der Waals surface area contributed by atoms with Crippen LogP contribution in [-0.4, -0.2) is 28.1 Å². The standard InChI is InChI=1S/C15H22N2O4/c1-17-10-8-12(11-13(17)18)15(21)16-9-6-4-2-3-5-7-14(19)20/h8,10-11H,2-7,9H2,1H3,(H,16,21)(H,19,20). The summed E-state index contributed by atoms with van der Waals surface area (Å²) in [7, 11) is 1.63. The van der Waals surface area contributed by atoms with Crippen molar-refractivity contribution in [3.8, 4) is 0 Å². The molecule has 1 rings (SSSR count). The zero-order valence-electron chi connectivity index (χ0n) is 12.3. The third-order valence-electron chi connectivity index (χ3n) is 3.22. The van der Waals surface area contributed by atoms with Gasteiger partial charge in [-0.15, -0.1) is 0 Å². The van der Waals surface area contributed by atoms with Gasteiger partial charge in [-0.1, -0.05) is 19.3 Å². The summed E-state index contributed by atoms with van der Waals surface area (Å²) in [5.74, 6) is -0.991. The fourth-order valence-electron chi connectivity index (χ4n) is 1.93. The molecule has 0 unspecified atom stereocenters. The highest BCUT2D eigenvalue weighted by Gasteiger charge is 2.05. The summed E-state index contributed by atoms with van der Waals surface area (Å²) >= 11 is 0. The van der Waals surface area contributed by atoms with E-state index >= 15 is 0 Å². The van der Waals surface area contributed by atoms with E-state index in [1.54, 1.807) is 19.3 Å². The number of aryl methyl sites for hydroxylation is 1. The molecule has 1 amide bonds. The topological polar surface area (TPSA) is 88.4 Å². The number of nitrogens with one attached hydrogen (secondary N) is 1. The summed E-state index contributed by atoms with van der Waals surface area (Å²) < 4.78 is 1.41. The molecule has 0 aliphatic heterocycles. The first-order valence-corrected chi connectivity index (χ1v) is 7.17. The van der Waals surface area contributed by atoms with E-state index in [0.717, 1.165) is 25.7 Å². The number of carboxylic acids is 1. The van der Waals surface area contributed by atoms with Gasteiger partial charge >= 0.3 is 5.97 Å². The highest BCUT2D eigenvalue weighted by atomic mass is 16.4. The quantitative estimate of drug-likeness (QED) is 0.676. The van der Waals surface area contributed by atoms with E-state index in [9.17, 15) is 14.4 Å². The molecule has 0 bridgehead atoms. The normalized spacial score (nSPS) is 10.3. The molecular formula is C15H22N2O4. The van der Waals surface area contributed by atoms with Crippen molar-refractivity contribution in [2.45, 2.75) is 38.5 Å². The Kier molecular flexibility index (Phi) is 7.21. The molecule has 116 valence electrons. The van der Waals surface area contributed by atoms with Crippen LogP contribution in [0.3, 0.4) is 0 Å². The molecule has 0 atom stereocenters. The van der Waals surface area contributed by atoms with E-state index in [0.29, 0.717) is 18.5 Å². The minimum Gasteiger partial charge on any atom is -0.481 e. The third-order valence-corrected chi connectivity index (χ3v) is 3.22. The van der Waals surface area contributed by atoms with Crippen LogP contribution in [0.4, 0.5) is 0 Å². The van der Waals surface area contributed by atoms with E-state index in [1.807, 2.05) is 0 Å². The van der Waals surface area contributed by atoms with Gasteiger partial charge in [0.2, 0.25) is 0 Å². The molecule has 6 nitrogen and oxygen atoms in total. The van der Waals surface area contributed by atoms with E-state index in [4.69, 9.17) is 5.11 Å². The van der Waals surface area contributed by atoms with E-state index < -0.39 is 5.97 Å². The second kappa shape index (κ2) is 8.94. The molecule has 0 radical (unpaired) electrons. The number of hydrogen-bond donors (Lipinski definition) is 2. The maximum Gasteiger partial charge on any atom is 0.303 e. The lowest BCUT2D eigenvalue weighted by atomic mass is 10.1. The number of amides is 1. The Morgan fingerprint density at radius 3 is 2.52 bits per heavy atom. The summed E-state index contributed by atoms with van der Waals surface area (Å²) in [5, 5.41) is 11.3. The minimum atomic E-state index is -0.753. The Morgan fingerprint density at radius 2 is 1.86 bits per heavy atom. The van der Waals surface area contributed by atoms with Gasteiger partial charge < -0.3 is 15.0 Å². The number of pyridine rings is 1. The molecule has 1 aromatic rings. The van der Waals surface area contributed by atoms with Gasteiger partial charge in [0.05, 0.1) is 0 Å². The van der Waals surface area contributed by atoms with Crippen molar-refractivity contribution in [1.29, 1.82) is 0 Å². The van der Waals surface area contributed by atoms with Crippen molar-refractivity contribution < 1.29 is 14.7 Å². The van der Waals surface area contributed by atoms with Crippen LogP contribution >= 0.6 is 0 Å². The number of rotatable bonds is 9. The molecule has 0 spiro atoms. The van der Waals surface area contributed by atoms with Gasteiger partial charge in [-0.25, -0.2) is 0 Å². The van der Waals surface area contributed by atoms with Crippen molar-refractivity contribution in [3.63, 3.8) is 0 Å². The molecule has 0 fully saturated rings. The molecule has 0 saturated carbocycles. The lowest BCUT2D eigenvalue weighted by molar-refractivity contribution is -0.137. The average Bonchev–Trinajstić information content (AvgIpc) is 2.44. The van der Waals surface area contributed by atoms with Crippen LogP contribution in [0.2, 0.25) is 0 Å². The smallest absolute Gasteiger partial charge is 0.303 e. The minimum absolute atomic E-state index is 0.207. The van der Waals surface area contributed by atoms with Gasteiger partial charge in [0.1, 0.15) is 0 Å². The summed E-state index contributed by atoms with van der Waals surface area (Å²) in [5.41, 5.74) is 0.167. The Hall–Kier alpha value is -2.11. The lowest BCUT2D eigenvalue weighted by Gasteiger charge is -2.05. The Morgan fingerprint density at radius 1 is 1.19 bits per heavy atom. The fraction of sp³-hybridized carbons (Fsp3) is 0.533. The van der Waals surface area contributed by atoms with Crippen LogP contribution in [-0.2, 0) is 11.8 Å². The zero-order valence-corrected chi connectivity index (χ0v) is 12.3. The summed E-state index contributed by atoms with van der Waals surface area (Å²) in [6.45, 7) is 0.562. The number of aliphatic carboxylic acids is 1. The van der Waals surface area contributed by atoms with Crippen LogP contribution in [0.25, 0.3) is 0 Å². The van der Waals surface area contributed by atoms with Crippen molar-refractivity contribution in [2.24, 2.45) is 7.05 Å². The third kappa shape index (κ3) is 6.74. The van der Waals surface area contributed by atoms with E-state index in [2.05, 4.69) is 5.32 Å². The lowest BCUT2D eigenvalue weighted by Crippen LogP contribution is -2.26.